The van der Waals surface area contributed by atoms with E-state index in [4.69, 9.17) is 4.74 Å². The topological polar surface area (TPSA) is 41.6 Å². The monoisotopic (exact) mass is 290 g/mol. The number of amides is 1. The molecule has 4 nitrogen and oxygen atoms in total. The van der Waals surface area contributed by atoms with Crippen molar-refractivity contribution in [2.45, 2.75) is 32.2 Å². The zero-order chi connectivity index (χ0) is 15.2. The van der Waals surface area contributed by atoms with Gasteiger partial charge in [-0.1, -0.05) is 18.2 Å². The first kappa shape index (κ1) is 15.8. The van der Waals surface area contributed by atoms with E-state index in [1.165, 1.54) is 0 Å². The van der Waals surface area contributed by atoms with E-state index in [1.54, 1.807) is 7.11 Å². The number of nitrogens with one attached hydrogen (secondary N) is 1. The smallest absolute Gasteiger partial charge is 0.226 e. The van der Waals surface area contributed by atoms with Crippen LogP contribution in [0.15, 0.2) is 24.3 Å². The number of benzene rings is 1. The molecule has 1 unspecified atom stereocenters. The zero-order valence-electron chi connectivity index (χ0n) is 13.3. The van der Waals surface area contributed by atoms with E-state index < -0.39 is 0 Å². The van der Waals surface area contributed by atoms with Crippen LogP contribution in [0.25, 0.3) is 0 Å². The molecule has 0 aliphatic carbocycles. The largest absolute Gasteiger partial charge is 0.496 e. The Morgan fingerprint density at radius 3 is 2.90 bits per heavy atom. The van der Waals surface area contributed by atoms with Crippen LogP contribution in [0, 0.1) is 5.92 Å². The van der Waals surface area contributed by atoms with Gasteiger partial charge in [0.05, 0.1) is 13.0 Å². The van der Waals surface area contributed by atoms with Crippen LogP contribution in [0.1, 0.15) is 25.3 Å². The van der Waals surface area contributed by atoms with E-state index in [0.717, 1.165) is 43.7 Å². The van der Waals surface area contributed by atoms with Crippen molar-refractivity contribution in [2.75, 3.05) is 27.2 Å². The number of hydrogen-bond acceptors (Lipinski definition) is 3. The number of carbonyl (C=O) groups is 1. The summed E-state index contributed by atoms with van der Waals surface area (Å²) in [5, 5.41) is 3.31. The maximum Gasteiger partial charge on any atom is 0.226 e. The molecule has 1 heterocycles. The quantitative estimate of drug-likeness (QED) is 0.903. The number of methoxy groups -OCH3 is 1. The maximum absolute atomic E-state index is 12.5. The maximum atomic E-state index is 12.5. The molecule has 0 aromatic heterocycles. The average molecular weight is 290 g/mol. The number of hydrogen-bond donors (Lipinski definition) is 1. The van der Waals surface area contributed by atoms with Gasteiger partial charge in [0.25, 0.3) is 0 Å². The molecule has 21 heavy (non-hydrogen) atoms. The lowest BCUT2D eigenvalue weighted by molar-refractivity contribution is -0.136. The van der Waals surface area contributed by atoms with Crippen LogP contribution in [-0.2, 0) is 11.2 Å². The lowest BCUT2D eigenvalue weighted by Crippen LogP contribution is -2.45. The van der Waals surface area contributed by atoms with Crippen LogP contribution < -0.4 is 10.1 Å². The summed E-state index contributed by atoms with van der Waals surface area (Å²) in [7, 11) is 3.60. The standard InChI is InChI=1S/C17H26N2O2/c1-13(11-14-7-4-5-9-16(14)21-3)19(2)17(20)15-8-6-10-18-12-15/h4-5,7,9,13,15,18H,6,8,10-12H2,1-3H3/t13?,15-/m0/s1. The molecular formula is C17H26N2O2. The van der Waals surface area contributed by atoms with Gasteiger partial charge in [-0.2, -0.15) is 0 Å². The lowest BCUT2D eigenvalue weighted by Gasteiger charge is -2.31. The number of likely N-dealkylation sites (N-methyl/N-ethyl adjacent to an activating group) is 1. The molecule has 116 valence electrons. The number of rotatable bonds is 5. The van der Waals surface area contributed by atoms with Gasteiger partial charge in [0.15, 0.2) is 0 Å². The molecule has 4 heteroatoms. The van der Waals surface area contributed by atoms with Crippen molar-refractivity contribution in [3.63, 3.8) is 0 Å². The fourth-order valence-electron chi connectivity index (χ4n) is 2.89. The second kappa shape index (κ2) is 7.46. The molecule has 2 atom stereocenters. The number of piperidine rings is 1. The fraction of sp³-hybridized carbons (Fsp3) is 0.588. The van der Waals surface area contributed by atoms with Gasteiger partial charge < -0.3 is 15.0 Å². The molecule has 1 N–H and O–H groups in total. The van der Waals surface area contributed by atoms with Crippen molar-refractivity contribution in [2.24, 2.45) is 5.92 Å². The van der Waals surface area contributed by atoms with Crippen molar-refractivity contribution < 1.29 is 9.53 Å². The van der Waals surface area contributed by atoms with Crippen molar-refractivity contribution in [3.05, 3.63) is 29.8 Å². The highest BCUT2D eigenvalue weighted by Gasteiger charge is 2.26. The van der Waals surface area contributed by atoms with Gasteiger partial charge in [-0.25, -0.2) is 0 Å². The zero-order valence-corrected chi connectivity index (χ0v) is 13.3. The molecule has 1 aliphatic rings. The van der Waals surface area contributed by atoms with Crippen LogP contribution in [-0.4, -0.2) is 44.1 Å². The summed E-state index contributed by atoms with van der Waals surface area (Å²) in [6.07, 6.45) is 2.90. The molecule has 1 aliphatic heterocycles. The first-order valence-corrected chi connectivity index (χ1v) is 7.72. The van der Waals surface area contributed by atoms with Crippen LogP contribution in [0.5, 0.6) is 5.75 Å². The molecule has 1 aromatic rings. The van der Waals surface area contributed by atoms with Gasteiger partial charge in [0.1, 0.15) is 5.75 Å². The van der Waals surface area contributed by atoms with Crippen molar-refractivity contribution in [1.29, 1.82) is 0 Å². The molecule has 0 saturated carbocycles. The minimum atomic E-state index is 0.129. The van der Waals surface area contributed by atoms with Gasteiger partial charge >= 0.3 is 0 Å². The average Bonchev–Trinajstić information content (AvgIpc) is 2.54. The van der Waals surface area contributed by atoms with E-state index in [0.29, 0.717) is 0 Å². The number of para-hydroxylation sites is 1. The van der Waals surface area contributed by atoms with E-state index in [-0.39, 0.29) is 17.9 Å². The molecule has 0 radical (unpaired) electrons. The molecule has 0 bridgehead atoms. The van der Waals surface area contributed by atoms with E-state index in [2.05, 4.69) is 18.3 Å². The number of carbonyl (C=O) groups excluding carboxylic acids is 1. The molecular weight excluding hydrogens is 264 g/mol. The van der Waals surface area contributed by atoms with Gasteiger partial charge in [-0.3, -0.25) is 4.79 Å². The summed E-state index contributed by atoms with van der Waals surface area (Å²) in [4.78, 5) is 14.4. The van der Waals surface area contributed by atoms with Crippen molar-refractivity contribution in [3.8, 4) is 5.75 Å². The lowest BCUT2D eigenvalue weighted by atomic mass is 9.97. The summed E-state index contributed by atoms with van der Waals surface area (Å²) < 4.78 is 5.39. The van der Waals surface area contributed by atoms with E-state index in [9.17, 15) is 4.79 Å². The summed E-state index contributed by atoms with van der Waals surface area (Å²) in [5.74, 6) is 1.28. The molecule has 0 spiro atoms. The Kier molecular flexibility index (Phi) is 5.62. The Balaban J connectivity index is 1.98. The second-order valence-electron chi connectivity index (χ2n) is 5.86. The van der Waals surface area contributed by atoms with Crippen molar-refractivity contribution in [1.82, 2.24) is 10.2 Å². The normalized spacial score (nSPS) is 19.9. The SMILES string of the molecule is COc1ccccc1CC(C)N(C)C(=O)[C@H]1CCCNC1. The van der Waals surface area contributed by atoms with Crippen LogP contribution >= 0.6 is 0 Å². The third-order valence-corrected chi connectivity index (χ3v) is 4.36. The summed E-state index contributed by atoms with van der Waals surface area (Å²) in [5.41, 5.74) is 1.15. The summed E-state index contributed by atoms with van der Waals surface area (Å²) in [6, 6.07) is 8.17. The van der Waals surface area contributed by atoms with Gasteiger partial charge in [-0.15, -0.1) is 0 Å². The van der Waals surface area contributed by atoms with E-state index in [1.807, 2.05) is 30.1 Å². The molecule has 1 fully saturated rings. The third kappa shape index (κ3) is 3.97. The summed E-state index contributed by atoms with van der Waals surface area (Å²) >= 11 is 0. The minimum absolute atomic E-state index is 0.129. The van der Waals surface area contributed by atoms with Gasteiger partial charge in [0.2, 0.25) is 5.91 Å². The predicted octanol–water partition coefficient (Wildman–Crippen LogP) is 2.08. The Bertz CT molecular complexity index is 470. The molecule has 1 saturated heterocycles. The Morgan fingerprint density at radius 2 is 2.24 bits per heavy atom. The predicted molar refractivity (Wildman–Crippen MR) is 84.5 cm³/mol. The molecule has 1 aromatic carbocycles. The first-order valence-electron chi connectivity index (χ1n) is 7.72. The highest BCUT2D eigenvalue weighted by molar-refractivity contribution is 5.79. The highest BCUT2D eigenvalue weighted by Crippen LogP contribution is 2.21. The molecule has 1 amide bonds. The van der Waals surface area contributed by atoms with Crippen LogP contribution in [0.2, 0.25) is 0 Å². The summed E-state index contributed by atoms with van der Waals surface area (Å²) in [6.45, 7) is 3.94. The van der Waals surface area contributed by atoms with Gasteiger partial charge in [0, 0.05) is 19.6 Å². The van der Waals surface area contributed by atoms with Crippen molar-refractivity contribution >= 4 is 5.91 Å². The number of ether oxygens (including phenoxy) is 1. The Morgan fingerprint density at radius 1 is 1.48 bits per heavy atom. The van der Waals surface area contributed by atoms with Crippen LogP contribution in [0.3, 0.4) is 0 Å². The highest BCUT2D eigenvalue weighted by atomic mass is 16.5. The Labute approximate surface area is 127 Å². The third-order valence-electron chi connectivity index (χ3n) is 4.36. The second-order valence-corrected chi connectivity index (χ2v) is 5.86. The Hall–Kier alpha value is -1.55. The minimum Gasteiger partial charge on any atom is -0.496 e. The number of nitrogens with zero attached hydrogens (tertiary/aromatic N) is 1. The van der Waals surface area contributed by atoms with E-state index >= 15 is 0 Å². The van der Waals surface area contributed by atoms with Crippen LogP contribution in [0.4, 0.5) is 0 Å². The fourth-order valence-corrected chi connectivity index (χ4v) is 2.89. The van der Waals surface area contributed by atoms with Gasteiger partial charge in [-0.05, 0) is 44.4 Å². The first-order chi connectivity index (χ1) is 10.1. The molecule has 2 rings (SSSR count).